The molecule has 0 amide bonds. The Morgan fingerprint density at radius 2 is 2.17 bits per heavy atom. The third-order valence-electron chi connectivity index (χ3n) is 1.54. The second kappa shape index (κ2) is 4.13. The van der Waals surface area contributed by atoms with E-state index >= 15 is 0 Å². The molecule has 0 fully saturated rings. The number of nitriles is 1. The van der Waals surface area contributed by atoms with Crippen LogP contribution >= 0.6 is 15.9 Å². The minimum Gasteiger partial charge on any atom is -0.309 e. The average molecular weight is 225 g/mol. The summed E-state index contributed by atoms with van der Waals surface area (Å²) in [6.07, 6.45) is 2.05. The summed E-state index contributed by atoms with van der Waals surface area (Å²) < 4.78 is 1.05. The Hall–Kier alpha value is -1.01. The minimum absolute atomic E-state index is 0.651. The first kappa shape index (κ1) is 9.08. The summed E-state index contributed by atoms with van der Waals surface area (Å²) in [5, 5.41) is 8.55. The Balaban J connectivity index is 2.77. The highest BCUT2D eigenvalue weighted by molar-refractivity contribution is 9.10. The zero-order chi connectivity index (χ0) is 8.97. The molecule has 0 aliphatic rings. The molecule has 0 saturated carbocycles. The third-order valence-corrected chi connectivity index (χ3v) is 2.31. The van der Waals surface area contributed by atoms with E-state index in [0.717, 1.165) is 10.0 Å². The fourth-order valence-corrected chi connectivity index (χ4v) is 1.33. The van der Waals surface area contributed by atoms with E-state index in [4.69, 9.17) is 5.26 Å². The van der Waals surface area contributed by atoms with Gasteiger partial charge < -0.3 is 4.90 Å². The summed E-state index contributed by atoms with van der Waals surface area (Å²) >= 11 is 3.42. The normalized spacial score (nSPS) is 9.08. The SMILES string of the molecule is CN(C#N)Cc1ccccc1Br. The van der Waals surface area contributed by atoms with Crippen molar-refractivity contribution < 1.29 is 0 Å². The van der Waals surface area contributed by atoms with Crippen molar-refractivity contribution in [2.24, 2.45) is 0 Å². The molecule has 0 unspecified atom stereocenters. The van der Waals surface area contributed by atoms with Crippen molar-refractivity contribution in [3.05, 3.63) is 34.3 Å². The Labute approximate surface area is 80.5 Å². The summed E-state index contributed by atoms with van der Waals surface area (Å²) in [4.78, 5) is 1.58. The Bertz CT molecular complexity index is 304. The largest absolute Gasteiger partial charge is 0.309 e. The summed E-state index contributed by atoms with van der Waals surface area (Å²) in [7, 11) is 1.76. The topological polar surface area (TPSA) is 27.0 Å². The van der Waals surface area contributed by atoms with Gasteiger partial charge in [0.05, 0.1) is 6.54 Å². The van der Waals surface area contributed by atoms with Crippen molar-refractivity contribution in [2.75, 3.05) is 7.05 Å². The van der Waals surface area contributed by atoms with Gasteiger partial charge in [-0.1, -0.05) is 34.1 Å². The van der Waals surface area contributed by atoms with Crippen LogP contribution in [0.15, 0.2) is 28.7 Å². The highest BCUT2D eigenvalue weighted by atomic mass is 79.9. The van der Waals surface area contributed by atoms with Gasteiger partial charge in [0.25, 0.3) is 0 Å². The number of hydrogen-bond acceptors (Lipinski definition) is 2. The molecule has 0 aliphatic carbocycles. The average Bonchev–Trinajstić information content (AvgIpc) is 2.09. The van der Waals surface area contributed by atoms with E-state index in [9.17, 15) is 0 Å². The van der Waals surface area contributed by atoms with Crippen LogP contribution in [0.5, 0.6) is 0 Å². The van der Waals surface area contributed by atoms with Crippen LogP contribution in [-0.2, 0) is 6.54 Å². The lowest BCUT2D eigenvalue weighted by atomic mass is 10.2. The molecule has 0 spiro atoms. The zero-order valence-electron chi connectivity index (χ0n) is 6.79. The molecule has 1 aromatic carbocycles. The molecular weight excluding hydrogens is 216 g/mol. The van der Waals surface area contributed by atoms with E-state index < -0.39 is 0 Å². The van der Waals surface area contributed by atoms with Crippen LogP contribution in [0.2, 0.25) is 0 Å². The second-order valence-corrected chi connectivity index (χ2v) is 3.40. The van der Waals surface area contributed by atoms with E-state index in [1.165, 1.54) is 0 Å². The van der Waals surface area contributed by atoms with Crippen molar-refractivity contribution in [1.29, 1.82) is 5.26 Å². The zero-order valence-corrected chi connectivity index (χ0v) is 8.37. The summed E-state index contributed by atoms with van der Waals surface area (Å²) in [5.41, 5.74) is 1.13. The molecule has 0 bridgehead atoms. The summed E-state index contributed by atoms with van der Waals surface area (Å²) in [6, 6.07) is 7.89. The van der Waals surface area contributed by atoms with E-state index in [1.54, 1.807) is 11.9 Å². The predicted molar refractivity (Wildman–Crippen MR) is 51.2 cm³/mol. The monoisotopic (exact) mass is 224 g/mol. The summed E-state index contributed by atoms with van der Waals surface area (Å²) in [6.45, 7) is 0.651. The van der Waals surface area contributed by atoms with Crippen LogP contribution in [-0.4, -0.2) is 11.9 Å². The molecule has 3 heteroatoms. The van der Waals surface area contributed by atoms with Crippen LogP contribution in [0.1, 0.15) is 5.56 Å². The molecule has 2 nitrogen and oxygen atoms in total. The molecule has 0 N–H and O–H groups in total. The van der Waals surface area contributed by atoms with Crippen molar-refractivity contribution in [1.82, 2.24) is 4.90 Å². The van der Waals surface area contributed by atoms with E-state index in [-0.39, 0.29) is 0 Å². The second-order valence-electron chi connectivity index (χ2n) is 2.55. The lowest BCUT2D eigenvalue weighted by Crippen LogP contribution is -2.10. The van der Waals surface area contributed by atoms with Gasteiger partial charge in [-0.3, -0.25) is 0 Å². The standard InChI is InChI=1S/C9H9BrN2/c1-12(7-11)6-8-4-2-3-5-9(8)10/h2-5H,6H2,1H3. The highest BCUT2D eigenvalue weighted by Gasteiger charge is 2.00. The molecule has 12 heavy (non-hydrogen) atoms. The number of nitrogens with zero attached hydrogens (tertiary/aromatic N) is 2. The van der Waals surface area contributed by atoms with Gasteiger partial charge in [-0.15, -0.1) is 0 Å². The van der Waals surface area contributed by atoms with Crippen LogP contribution in [0.3, 0.4) is 0 Å². The van der Waals surface area contributed by atoms with E-state index in [2.05, 4.69) is 22.1 Å². The smallest absolute Gasteiger partial charge is 0.179 e. The molecule has 62 valence electrons. The first-order valence-electron chi connectivity index (χ1n) is 3.58. The fourth-order valence-electron chi connectivity index (χ4n) is 0.917. The van der Waals surface area contributed by atoms with Gasteiger partial charge in [0.1, 0.15) is 0 Å². The van der Waals surface area contributed by atoms with Crippen LogP contribution in [0, 0.1) is 11.5 Å². The number of halogens is 1. The summed E-state index contributed by atoms with van der Waals surface area (Å²) in [5.74, 6) is 0. The minimum atomic E-state index is 0.651. The molecule has 1 aromatic rings. The maximum Gasteiger partial charge on any atom is 0.179 e. The van der Waals surface area contributed by atoms with Gasteiger partial charge in [0, 0.05) is 11.5 Å². The molecular formula is C9H9BrN2. The molecule has 0 heterocycles. The molecule has 0 saturated heterocycles. The molecule has 0 aromatic heterocycles. The van der Waals surface area contributed by atoms with Crippen LogP contribution in [0.4, 0.5) is 0 Å². The molecule has 0 radical (unpaired) electrons. The van der Waals surface area contributed by atoms with Gasteiger partial charge >= 0.3 is 0 Å². The molecule has 0 aliphatic heterocycles. The van der Waals surface area contributed by atoms with Crippen LogP contribution < -0.4 is 0 Å². The first-order chi connectivity index (χ1) is 5.74. The number of hydrogen-bond donors (Lipinski definition) is 0. The van der Waals surface area contributed by atoms with Crippen molar-refractivity contribution in [3.63, 3.8) is 0 Å². The maximum atomic E-state index is 8.55. The van der Waals surface area contributed by atoms with Crippen molar-refractivity contribution in [3.8, 4) is 6.19 Å². The van der Waals surface area contributed by atoms with Crippen LogP contribution in [0.25, 0.3) is 0 Å². The van der Waals surface area contributed by atoms with Crippen molar-refractivity contribution >= 4 is 15.9 Å². The van der Waals surface area contributed by atoms with E-state index in [0.29, 0.717) is 6.54 Å². The predicted octanol–water partition coefficient (Wildman–Crippen LogP) is 2.36. The number of rotatable bonds is 2. The van der Waals surface area contributed by atoms with Gasteiger partial charge in [0.15, 0.2) is 6.19 Å². The Kier molecular flexibility index (Phi) is 3.12. The fraction of sp³-hybridized carbons (Fsp3) is 0.222. The lowest BCUT2D eigenvalue weighted by Gasteiger charge is -2.09. The molecule has 1 rings (SSSR count). The maximum absolute atomic E-state index is 8.55. The van der Waals surface area contributed by atoms with Gasteiger partial charge in [0.2, 0.25) is 0 Å². The number of benzene rings is 1. The lowest BCUT2D eigenvalue weighted by molar-refractivity contribution is 0.468. The van der Waals surface area contributed by atoms with Gasteiger partial charge in [-0.05, 0) is 11.6 Å². The quantitative estimate of drug-likeness (QED) is 0.570. The Morgan fingerprint density at radius 1 is 1.50 bits per heavy atom. The van der Waals surface area contributed by atoms with Gasteiger partial charge in [-0.2, -0.15) is 5.26 Å². The van der Waals surface area contributed by atoms with E-state index in [1.807, 2.05) is 24.3 Å². The molecule has 0 atom stereocenters. The van der Waals surface area contributed by atoms with Gasteiger partial charge in [-0.25, -0.2) is 0 Å². The third kappa shape index (κ3) is 2.24. The Morgan fingerprint density at radius 3 is 2.75 bits per heavy atom. The van der Waals surface area contributed by atoms with Crippen molar-refractivity contribution in [2.45, 2.75) is 6.54 Å². The first-order valence-corrected chi connectivity index (χ1v) is 4.37. The highest BCUT2D eigenvalue weighted by Crippen LogP contribution is 2.16.